The van der Waals surface area contributed by atoms with Crippen LogP contribution in [0.5, 0.6) is 11.5 Å². The highest BCUT2D eigenvalue weighted by Gasteiger charge is 2.15. The molecule has 0 saturated carbocycles. The second-order valence-electron chi connectivity index (χ2n) is 6.01. The van der Waals surface area contributed by atoms with E-state index in [-0.39, 0.29) is 17.0 Å². The Morgan fingerprint density at radius 3 is 2.82 bits per heavy atom. The number of nitrogens with zero attached hydrogens (tertiary/aromatic N) is 2. The van der Waals surface area contributed by atoms with E-state index < -0.39 is 0 Å². The van der Waals surface area contributed by atoms with Gasteiger partial charge >= 0.3 is 0 Å². The van der Waals surface area contributed by atoms with Crippen molar-refractivity contribution in [1.29, 1.82) is 5.26 Å². The largest absolute Gasteiger partial charge is 0.491 e. The third kappa shape index (κ3) is 3.61. The van der Waals surface area contributed by atoms with Gasteiger partial charge in [0.25, 0.3) is 5.56 Å². The lowest BCUT2D eigenvalue weighted by Crippen LogP contribution is -2.10. The zero-order chi connectivity index (χ0) is 20.4. The summed E-state index contributed by atoms with van der Waals surface area (Å²) >= 11 is 7.71. The highest BCUT2D eigenvalue weighted by molar-refractivity contribution is 7.18. The first-order valence-corrected chi connectivity index (χ1v) is 9.71. The first-order chi connectivity index (χ1) is 13.4. The lowest BCUT2D eigenvalue weighted by atomic mass is 10.1. The third-order valence-corrected chi connectivity index (χ3v) is 5.64. The van der Waals surface area contributed by atoms with Crippen molar-refractivity contribution in [3.63, 3.8) is 0 Å². The van der Waals surface area contributed by atoms with Gasteiger partial charge in [-0.15, -0.1) is 11.3 Å². The summed E-state index contributed by atoms with van der Waals surface area (Å²) in [5.74, 6) is 1.12. The number of benzene rings is 1. The lowest BCUT2D eigenvalue weighted by molar-refractivity contribution is 0.311. The molecule has 6 nitrogen and oxygen atoms in total. The Balaban J connectivity index is 2.14. The fourth-order valence-corrected chi connectivity index (χ4v) is 4.16. The van der Waals surface area contributed by atoms with Gasteiger partial charge < -0.3 is 14.5 Å². The number of H-pyrrole nitrogens is 1. The molecule has 0 bridgehead atoms. The van der Waals surface area contributed by atoms with Crippen molar-refractivity contribution in [1.82, 2.24) is 9.97 Å². The smallest absolute Gasteiger partial charge is 0.260 e. The third-order valence-electron chi connectivity index (χ3n) is 4.26. The molecule has 0 aliphatic rings. The topological polar surface area (TPSA) is 88.0 Å². The number of halogens is 1. The highest BCUT2D eigenvalue weighted by atomic mass is 35.5. The number of hydrogen-bond donors (Lipinski definition) is 1. The van der Waals surface area contributed by atoms with Gasteiger partial charge in [0.15, 0.2) is 17.3 Å². The summed E-state index contributed by atoms with van der Waals surface area (Å²) in [6.45, 7) is 6.12. The number of hydrogen-bond acceptors (Lipinski definition) is 6. The van der Waals surface area contributed by atoms with Gasteiger partial charge in [-0.1, -0.05) is 11.6 Å². The van der Waals surface area contributed by atoms with E-state index >= 15 is 0 Å². The SMILES string of the molecule is CCOc1cc(/C=C(\C#N)c2nc3sc(C)c(C)c3c(=O)[nH]2)cc(Cl)c1OC. The number of aromatic nitrogens is 2. The monoisotopic (exact) mass is 415 g/mol. The van der Waals surface area contributed by atoms with Crippen molar-refractivity contribution in [3.8, 4) is 17.6 Å². The zero-order valence-electron chi connectivity index (χ0n) is 15.8. The van der Waals surface area contributed by atoms with E-state index in [0.29, 0.717) is 38.9 Å². The molecule has 8 heteroatoms. The Labute approximate surface area is 171 Å². The Morgan fingerprint density at radius 1 is 1.43 bits per heavy atom. The summed E-state index contributed by atoms with van der Waals surface area (Å²) in [6.07, 6.45) is 1.60. The molecule has 2 heterocycles. The average molecular weight is 416 g/mol. The van der Waals surface area contributed by atoms with E-state index in [1.807, 2.05) is 20.8 Å². The molecule has 1 aromatic carbocycles. The lowest BCUT2D eigenvalue weighted by Gasteiger charge is -2.12. The van der Waals surface area contributed by atoms with E-state index in [4.69, 9.17) is 21.1 Å². The minimum absolute atomic E-state index is 0.214. The number of ether oxygens (including phenoxy) is 2. The predicted octanol–water partition coefficient (Wildman–Crippen LogP) is 4.73. The number of methoxy groups -OCH3 is 1. The Bertz CT molecular complexity index is 1190. The first kappa shape index (κ1) is 19.9. The Morgan fingerprint density at radius 2 is 2.18 bits per heavy atom. The molecule has 0 amide bonds. The number of thiophene rings is 1. The summed E-state index contributed by atoms with van der Waals surface area (Å²) in [6, 6.07) is 5.48. The molecule has 0 radical (unpaired) electrons. The molecule has 144 valence electrons. The Hall–Kier alpha value is -2.82. The standard InChI is InChI=1S/C20H18ClN3O3S/c1-5-27-15-8-12(7-14(21)17(15)26-4)6-13(9-22)18-23-19(25)16-10(2)11(3)28-20(16)24-18/h6-8H,5H2,1-4H3,(H,23,24,25)/b13-6+. The Kier molecular flexibility index (Phi) is 5.73. The van der Waals surface area contributed by atoms with Gasteiger partial charge in [0.1, 0.15) is 10.9 Å². The maximum absolute atomic E-state index is 12.5. The van der Waals surface area contributed by atoms with Gasteiger partial charge in [-0.05, 0) is 50.1 Å². The van der Waals surface area contributed by atoms with Crippen LogP contribution in [0.2, 0.25) is 5.02 Å². The maximum atomic E-state index is 12.5. The zero-order valence-corrected chi connectivity index (χ0v) is 17.4. The van der Waals surface area contributed by atoms with Crippen molar-refractivity contribution in [2.45, 2.75) is 20.8 Å². The summed E-state index contributed by atoms with van der Waals surface area (Å²) in [5, 5.41) is 10.6. The second kappa shape index (κ2) is 8.05. The molecule has 3 rings (SSSR count). The van der Waals surface area contributed by atoms with Crippen molar-refractivity contribution < 1.29 is 9.47 Å². The fraction of sp³-hybridized carbons (Fsp3) is 0.250. The van der Waals surface area contributed by atoms with Crippen LogP contribution in [-0.4, -0.2) is 23.7 Å². The molecule has 2 aromatic heterocycles. The average Bonchev–Trinajstić information content (AvgIpc) is 2.94. The van der Waals surface area contributed by atoms with Crippen LogP contribution >= 0.6 is 22.9 Å². The molecule has 0 aliphatic heterocycles. The molecule has 0 aliphatic carbocycles. The van der Waals surface area contributed by atoms with Crippen LogP contribution in [0.3, 0.4) is 0 Å². The number of aromatic amines is 1. The number of fused-ring (bicyclic) bond motifs is 1. The van der Waals surface area contributed by atoms with E-state index in [9.17, 15) is 10.1 Å². The number of allylic oxidation sites excluding steroid dienone is 1. The molecule has 0 unspecified atom stereocenters. The molecule has 1 N–H and O–H groups in total. The molecular weight excluding hydrogens is 398 g/mol. The summed E-state index contributed by atoms with van der Waals surface area (Å²) in [7, 11) is 1.51. The highest BCUT2D eigenvalue weighted by Crippen LogP contribution is 2.37. The fourth-order valence-electron chi connectivity index (χ4n) is 2.83. The molecule has 0 atom stereocenters. The van der Waals surface area contributed by atoms with Gasteiger partial charge in [-0.3, -0.25) is 4.79 Å². The van der Waals surface area contributed by atoms with Crippen molar-refractivity contribution >= 4 is 44.8 Å². The maximum Gasteiger partial charge on any atom is 0.260 e. The van der Waals surface area contributed by atoms with Crippen LogP contribution in [0.1, 0.15) is 28.8 Å². The predicted molar refractivity (Wildman–Crippen MR) is 112 cm³/mol. The number of aryl methyl sites for hydroxylation is 2. The molecule has 0 fully saturated rings. The van der Waals surface area contributed by atoms with Crippen LogP contribution in [0.15, 0.2) is 16.9 Å². The van der Waals surface area contributed by atoms with Crippen molar-refractivity contribution in [2.24, 2.45) is 0 Å². The summed E-state index contributed by atoms with van der Waals surface area (Å²) in [5.41, 5.74) is 1.50. The molecule has 28 heavy (non-hydrogen) atoms. The van der Waals surface area contributed by atoms with Gasteiger partial charge in [-0.2, -0.15) is 5.26 Å². The van der Waals surface area contributed by atoms with E-state index in [0.717, 1.165) is 10.4 Å². The van der Waals surface area contributed by atoms with Gasteiger partial charge in [0.05, 0.1) is 29.7 Å². The first-order valence-electron chi connectivity index (χ1n) is 8.52. The van der Waals surface area contributed by atoms with Crippen molar-refractivity contribution in [2.75, 3.05) is 13.7 Å². The quantitative estimate of drug-likeness (QED) is 0.609. The number of nitriles is 1. The van der Waals surface area contributed by atoms with Crippen LogP contribution < -0.4 is 15.0 Å². The van der Waals surface area contributed by atoms with E-state index in [1.165, 1.54) is 18.4 Å². The normalized spacial score (nSPS) is 11.5. The van der Waals surface area contributed by atoms with Crippen LogP contribution in [0, 0.1) is 25.2 Å². The van der Waals surface area contributed by atoms with Gasteiger partial charge in [0.2, 0.25) is 0 Å². The van der Waals surface area contributed by atoms with Gasteiger partial charge in [0, 0.05) is 4.88 Å². The number of rotatable bonds is 5. The molecule has 0 saturated heterocycles. The van der Waals surface area contributed by atoms with E-state index in [2.05, 4.69) is 16.0 Å². The van der Waals surface area contributed by atoms with Gasteiger partial charge in [-0.25, -0.2) is 4.98 Å². The molecule has 0 spiro atoms. The molecular formula is C20H18ClN3O3S. The van der Waals surface area contributed by atoms with E-state index in [1.54, 1.807) is 18.2 Å². The summed E-state index contributed by atoms with van der Waals surface area (Å²) < 4.78 is 10.8. The number of nitrogens with one attached hydrogen (secondary N) is 1. The molecule has 3 aromatic rings. The minimum atomic E-state index is -0.259. The van der Waals surface area contributed by atoms with Crippen molar-refractivity contribution in [3.05, 3.63) is 49.3 Å². The minimum Gasteiger partial charge on any atom is -0.491 e. The second-order valence-corrected chi connectivity index (χ2v) is 7.63. The van der Waals surface area contributed by atoms with Crippen LogP contribution in [-0.2, 0) is 0 Å². The summed E-state index contributed by atoms with van der Waals surface area (Å²) in [4.78, 5) is 21.3. The van der Waals surface area contributed by atoms with Crippen LogP contribution in [0.4, 0.5) is 0 Å². The van der Waals surface area contributed by atoms with Crippen LogP contribution in [0.25, 0.3) is 21.9 Å².